The van der Waals surface area contributed by atoms with E-state index >= 15 is 0 Å². The second kappa shape index (κ2) is 9.07. The molecule has 0 saturated carbocycles. The van der Waals surface area contributed by atoms with Crippen LogP contribution in [-0.4, -0.2) is 55.4 Å². The summed E-state index contributed by atoms with van der Waals surface area (Å²) in [6, 6.07) is 12.6. The van der Waals surface area contributed by atoms with E-state index in [0.717, 1.165) is 24.2 Å². The molecule has 0 bridgehead atoms. The molecule has 0 aliphatic carbocycles. The number of benzene rings is 2. The highest BCUT2D eigenvalue weighted by atomic mass is 16.5. The van der Waals surface area contributed by atoms with Crippen molar-refractivity contribution >= 4 is 5.91 Å². The smallest absolute Gasteiger partial charge is 0.253 e. The summed E-state index contributed by atoms with van der Waals surface area (Å²) in [5.74, 6) is 2.97. The topological polar surface area (TPSA) is 86.9 Å². The lowest BCUT2D eigenvalue weighted by Gasteiger charge is -2.31. The molecule has 0 N–H and O–H groups in total. The molecule has 1 aliphatic heterocycles. The Kier molecular flexibility index (Phi) is 6.06. The second-order valence-electron chi connectivity index (χ2n) is 7.34. The van der Waals surface area contributed by atoms with Crippen LogP contribution >= 0.6 is 0 Å². The Morgan fingerprint density at radius 3 is 2.52 bits per heavy atom. The van der Waals surface area contributed by atoms with Crippen molar-refractivity contribution < 1.29 is 23.5 Å². The van der Waals surface area contributed by atoms with Gasteiger partial charge in [0.1, 0.15) is 5.75 Å². The van der Waals surface area contributed by atoms with Crippen molar-refractivity contribution in [2.45, 2.75) is 18.8 Å². The highest BCUT2D eigenvalue weighted by Gasteiger charge is 2.29. The summed E-state index contributed by atoms with van der Waals surface area (Å²) >= 11 is 0. The van der Waals surface area contributed by atoms with Gasteiger partial charge in [0.05, 0.1) is 27.2 Å². The zero-order chi connectivity index (χ0) is 21.8. The molecule has 4 rings (SSSR count). The molecule has 8 nitrogen and oxygen atoms in total. The Hall–Kier alpha value is -3.55. The van der Waals surface area contributed by atoms with Crippen LogP contribution in [-0.2, 0) is 0 Å². The standard InChI is InChI=1S/C23H25N3O5/c1-28-18-9-6-15(7-10-18)23(27)26-12-4-5-17(14-26)22-24-21(25-31-22)16-8-11-19(29-2)20(13-16)30-3/h6-11,13,17H,4-5,12,14H2,1-3H3. The van der Waals surface area contributed by atoms with Crippen molar-refractivity contribution in [3.05, 3.63) is 53.9 Å². The third-order valence-corrected chi connectivity index (χ3v) is 5.48. The zero-order valence-corrected chi connectivity index (χ0v) is 17.8. The summed E-state index contributed by atoms with van der Waals surface area (Å²) in [4.78, 5) is 19.4. The molecule has 0 spiro atoms. The fourth-order valence-corrected chi connectivity index (χ4v) is 3.77. The SMILES string of the molecule is COc1ccc(C(=O)N2CCCC(c3nc(-c4ccc(OC)c(OC)c4)no3)C2)cc1. The monoisotopic (exact) mass is 423 g/mol. The van der Waals surface area contributed by atoms with E-state index in [1.165, 1.54) is 0 Å². The molecule has 1 aromatic heterocycles. The van der Waals surface area contributed by atoms with Gasteiger partial charge in [-0.15, -0.1) is 0 Å². The second-order valence-corrected chi connectivity index (χ2v) is 7.34. The number of piperidine rings is 1. The maximum Gasteiger partial charge on any atom is 0.253 e. The molecule has 8 heteroatoms. The van der Waals surface area contributed by atoms with Crippen molar-refractivity contribution in [3.63, 3.8) is 0 Å². The number of hydrogen-bond donors (Lipinski definition) is 0. The van der Waals surface area contributed by atoms with E-state index in [1.807, 2.05) is 17.0 Å². The molecule has 1 unspecified atom stereocenters. The van der Waals surface area contributed by atoms with Crippen LogP contribution in [0.1, 0.15) is 35.0 Å². The molecular weight excluding hydrogens is 398 g/mol. The number of carbonyl (C=O) groups is 1. The first-order chi connectivity index (χ1) is 15.1. The third kappa shape index (κ3) is 4.33. The highest BCUT2D eigenvalue weighted by molar-refractivity contribution is 5.94. The number of rotatable bonds is 6. The van der Waals surface area contributed by atoms with E-state index in [-0.39, 0.29) is 11.8 Å². The lowest BCUT2D eigenvalue weighted by molar-refractivity contribution is 0.0695. The van der Waals surface area contributed by atoms with Gasteiger partial charge in [-0.2, -0.15) is 4.98 Å². The fourth-order valence-electron chi connectivity index (χ4n) is 3.77. The van der Waals surface area contributed by atoms with Gasteiger partial charge in [0.15, 0.2) is 11.5 Å². The van der Waals surface area contributed by atoms with Crippen LogP contribution < -0.4 is 14.2 Å². The molecule has 1 amide bonds. The van der Waals surface area contributed by atoms with Crippen LogP contribution in [0.5, 0.6) is 17.2 Å². The number of ether oxygens (including phenoxy) is 3. The number of methoxy groups -OCH3 is 3. The third-order valence-electron chi connectivity index (χ3n) is 5.48. The molecule has 3 aromatic rings. The molecule has 162 valence electrons. The van der Waals surface area contributed by atoms with Crippen molar-refractivity contribution in [3.8, 4) is 28.6 Å². The van der Waals surface area contributed by atoms with Crippen LogP contribution in [0.2, 0.25) is 0 Å². The predicted octanol–water partition coefficient (Wildman–Crippen LogP) is 3.78. The summed E-state index contributed by atoms with van der Waals surface area (Å²) in [7, 11) is 4.78. The van der Waals surface area contributed by atoms with Gasteiger partial charge in [0.25, 0.3) is 5.91 Å². The van der Waals surface area contributed by atoms with E-state index in [0.29, 0.717) is 41.9 Å². The van der Waals surface area contributed by atoms with Crippen LogP contribution in [0.15, 0.2) is 47.0 Å². The lowest BCUT2D eigenvalue weighted by Crippen LogP contribution is -2.39. The lowest BCUT2D eigenvalue weighted by atomic mass is 9.97. The number of hydrogen-bond acceptors (Lipinski definition) is 7. The van der Waals surface area contributed by atoms with Crippen molar-refractivity contribution in [1.29, 1.82) is 0 Å². The van der Waals surface area contributed by atoms with Gasteiger partial charge < -0.3 is 23.6 Å². The minimum absolute atomic E-state index is 0.00246. The Morgan fingerprint density at radius 2 is 1.81 bits per heavy atom. The number of nitrogens with zero attached hydrogens (tertiary/aromatic N) is 3. The number of amides is 1. The molecule has 0 radical (unpaired) electrons. The summed E-state index contributed by atoms with van der Waals surface area (Å²) in [6.07, 6.45) is 1.76. The maximum atomic E-state index is 12.9. The Labute approximate surface area is 180 Å². The number of aromatic nitrogens is 2. The summed E-state index contributed by atoms with van der Waals surface area (Å²) in [5, 5.41) is 4.14. The molecular formula is C23H25N3O5. The number of likely N-dealkylation sites (tertiary alicyclic amines) is 1. The van der Waals surface area contributed by atoms with Gasteiger partial charge in [-0.05, 0) is 55.3 Å². The molecule has 2 aromatic carbocycles. The first kappa shape index (κ1) is 20.7. The average Bonchev–Trinajstić information content (AvgIpc) is 3.33. The first-order valence-corrected chi connectivity index (χ1v) is 10.1. The predicted molar refractivity (Wildman–Crippen MR) is 114 cm³/mol. The largest absolute Gasteiger partial charge is 0.497 e. The molecule has 1 fully saturated rings. The summed E-state index contributed by atoms with van der Waals surface area (Å²) < 4.78 is 21.4. The van der Waals surface area contributed by atoms with Crippen LogP contribution in [0.3, 0.4) is 0 Å². The van der Waals surface area contributed by atoms with Crippen LogP contribution in [0, 0.1) is 0 Å². The van der Waals surface area contributed by atoms with Crippen LogP contribution in [0.4, 0.5) is 0 Å². The van der Waals surface area contributed by atoms with Crippen molar-refractivity contribution in [2.24, 2.45) is 0 Å². The molecule has 1 saturated heterocycles. The zero-order valence-electron chi connectivity index (χ0n) is 17.8. The maximum absolute atomic E-state index is 12.9. The average molecular weight is 423 g/mol. The minimum atomic E-state index is -0.00742. The van der Waals surface area contributed by atoms with Gasteiger partial charge in [-0.25, -0.2) is 0 Å². The minimum Gasteiger partial charge on any atom is -0.497 e. The molecule has 2 heterocycles. The van der Waals surface area contributed by atoms with E-state index in [2.05, 4.69) is 10.1 Å². The summed E-state index contributed by atoms with van der Waals surface area (Å²) in [5.41, 5.74) is 1.41. The first-order valence-electron chi connectivity index (χ1n) is 10.1. The Morgan fingerprint density at radius 1 is 1.03 bits per heavy atom. The van der Waals surface area contributed by atoms with Crippen LogP contribution in [0.25, 0.3) is 11.4 Å². The van der Waals surface area contributed by atoms with E-state index in [1.54, 1.807) is 51.7 Å². The Bertz CT molecular complexity index is 1050. The number of carbonyl (C=O) groups excluding carboxylic acids is 1. The molecule has 1 atom stereocenters. The van der Waals surface area contributed by atoms with E-state index in [4.69, 9.17) is 18.7 Å². The van der Waals surface area contributed by atoms with Gasteiger partial charge in [0.2, 0.25) is 11.7 Å². The fraction of sp³-hybridized carbons (Fsp3) is 0.348. The van der Waals surface area contributed by atoms with E-state index in [9.17, 15) is 4.79 Å². The van der Waals surface area contributed by atoms with Crippen molar-refractivity contribution in [1.82, 2.24) is 15.0 Å². The highest BCUT2D eigenvalue weighted by Crippen LogP contribution is 2.33. The van der Waals surface area contributed by atoms with Gasteiger partial charge in [0, 0.05) is 24.2 Å². The van der Waals surface area contributed by atoms with Crippen molar-refractivity contribution in [2.75, 3.05) is 34.4 Å². The molecule has 1 aliphatic rings. The Balaban J connectivity index is 1.49. The quantitative estimate of drug-likeness (QED) is 0.596. The van der Waals surface area contributed by atoms with Gasteiger partial charge in [-0.1, -0.05) is 5.16 Å². The normalized spacial score (nSPS) is 16.1. The van der Waals surface area contributed by atoms with Gasteiger partial charge >= 0.3 is 0 Å². The summed E-state index contributed by atoms with van der Waals surface area (Å²) in [6.45, 7) is 1.25. The van der Waals surface area contributed by atoms with Gasteiger partial charge in [-0.3, -0.25) is 4.79 Å². The molecule has 31 heavy (non-hydrogen) atoms. The van der Waals surface area contributed by atoms with E-state index < -0.39 is 0 Å².